The Kier molecular flexibility index (Phi) is 10.8. The Morgan fingerprint density at radius 3 is 2.56 bits per heavy atom. The Balaban J connectivity index is 1.36. The zero-order valence-electron chi connectivity index (χ0n) is 23.8. The molecule has 4 aromatic rings. The van der Waals surface area contributed by atoms with Gasteiger partial charge in [0, 0.05) is 42.0 Å². The van der Waals surface area contributed by atoms with Crippen LogP contribution in [0, 0.1) is 6.92 Å². The van der Waals surface area contributed by atoms with Gasteiger partial charge in [0.25, 0.3) is 5.91 Å². The molecule has 0 unspecified atom stereocenters. The van der Waals surface area contributed by atoms with Gasteiger partial charge in [0.05, 0.1) is 22.9 Å². The second kappa shape index (κ2) is 14.5. The van der Waals surface area contributed by atoms with Gasteiger partial charge in [0.1, 0.15) is 11.2 Å². The van der Waals surface area contributed by atoms with E-state index < -0.39 is 5.91 Å². The minimum absolute atomic E-state index is 0.0443. The fourth-order valence-electron chi connectivity index (χ4n) is 4.10. The topological polar surface area (TPSA) is 105 Å². The van der Waals surface area contributed by atoms with E-state index in [2.05, 4.69) is 31.5 Å². The third-order valence-electron chi connectivity index (χ3n) is 6.54. The molecular weight excluding hydrogens is 657 g/mol. The number of halogens is 3. The first-order valence-corrected chi connectivity index (χ1v) is 15.0. The molecule has 43 heavy (non-hydrogen) atoms. The van der Waals surface area contributed by atoms with Crippen LogP contribution in [-0.4, -0.2) is 47.2 Å². The van der Waals surface area contributed by atoms with Gasteiger partial charge in [0.15, 0.2) is 11.4 Å². The highest BCUT2D eigenvalue weighted by atomic mass is 79.9. The highest BCUT2D eigenvalue weighted by molar-refractivity contribution is 9.10. The molecule has 2 N–H and O–H groups in total. The fourth-order valence-corrected chi connectivity index (χ4v) is 5.08. The van der Waals surface area contributed by atoms with Crippen LogP contribution >= 0.6 is 39.1 Å². The van der Waals surface area contributed by atoms with Crippen molar-refractivity contribution in [2.75, 3.05) is 25.0 Å². The summed E-state index contributed by atoms with van der Waals surface area (Å²) in [5.41, 5.74) is 3.65. The van der Waals surface area contributed by atoms with E-state index in [1.165, 1.54) is 11.0 Å². The monoisotopic (exact) mass is 685 g/mol. The van der Waals surface area contributed by atoms with Gasteiger partial charge in [-0.2, -0.15) is 0 Å². The number of carbonyl (C=O) groups is 3. The molecule has 0 saturated carbocycles. The Morgan fingerprint density at radius 2 is 1.84 bits per heavy atom. The number of nitrogens with zero attached hydrogens (tertiary/aromatic N) is 3. The molecule has 0 saturated heterocycles. The number of amides is 3. The number of hydrogen-bond acceptors (Lipinski definition) is 5. The Bertz CT molecular complexity index is 1690. The van der Waals surface area contributed by atoms with Crippen LogP contribution < -0.4 is 20.3 Å². The average Bonchev–Trinajstić information content (AvgIpc) is 3.30. The second-order valence-electron chi connectivity index (χ2n) is 9.58. The van der Waals surface area contributed by atoms with Crippen molar-refractivity contribution in [2.45, 2.75) is 26.9 Å². The molecular formula is C31H30BrCl2N5O4. The summed E-state index contributed by atoms with van der Waals surface area (Å²) in [5, 5.41) is 6.04. The standard InChI is InChI=1S/C31H30BrCl2N5O4/c1-4-15-35-31(42)21-10-7-20(8-11-21)9-14-26(40)36-17-27(41)38(3)24-13-12-23(33)22(28(24)34)18-43-25-6-5-16-39-29(32)19(2)37-30(25)39/h5-14,16H,4,15,17-18H2,1-3H3,(H,35,42)(H,36,40). The fraction of sp³-hybridized carbons (Fsp3) is 0.226. The van der Waals surface area contributed by atoms with Gasteiger partial charge in [0.2, 0.25) is 11.8 Å². The summed E-state index contributed by atoms with van der Waals surface area (Å²) in [6.45, 7) is 4.27. The van der Waals surface area contributed by atoms with Crippen molar-refractivity contribution in [1.29, 1.82) is 0 Å². The first-order valence-electron chi connectivity index (χ1n) is 13.4. The number of pyridine rings is 1. The number of hydrogen-bond donors (Lipinski definition) is 2. The van der Waals surface area contributed by atoms with Crippen LogP contribution in [0.1, 0.15) is 40.5 Å². The van der Waals surface area contributed by atoms with E-state index in [0.717, 1.165) is 22.3 Å². The van der Waals surface area contributed by atoms with Crippen LogP contribution in [0.5, 0.6) is 5.75 Å². The Labute approximate surface area is 268 Å². The number of fused-ring (bicyclic) bond motifs is 1. The maximum absolute atomic E-state index is 12.9. The molecule has 224 valence electrons. The van der Waals surface area contributed by atoms with E-state index in [4.69, 9.17) is 27.9 Å². The number of ether oxygens (including phenoxy) is 1. The molecule has 0 aliphatic carbocycles. The molecule has 2 heterocycles. The maximum atomic E-state index is 12.9. The van der Waals surface area contributed by atoms with Crippen LogP contribution in [0.25, 0.3) is 11.7 Å². The summed E-state index contributed by atoms with van der Waals surface area (Å²) in [7, 11) is 1.56. The van der Waals surface area contributed by atoms with Crippen LogP contribution in [-0.2, 0) is 16.2 Å². The van der Waals surface area contributed by atoms with Gasteiger partial charge >= 0.3 is 0 Å². The number of aromatic nitrogens is 2. The zero-order chi connectivity index (χ0) is 31.1. The van der Waals surface area contributed by atoms with Crippen molar-refractivity contribution in [1.82, 2.24) is 20.0 Å². The molecule has 0 fully saturated rings. The minimum Gasteiger partial charge on any atom is -0.485 e. The van der Waals surface area contributed by atoms with Gasteiger partial charge in [-0.15, -0.1) is 0 Å². The van der Waals surface area contributed by atoms with Crippen LogP contribution in [0.3, 0.4) is 0 Å². The Morgan fingerprint density at radius 1 is 1.09 bits per heavy atom. The van der Waals surface area contributed by atoms with Crippen molar-refractivity contribution in [3.05, 3.63) is 97.8 Å². The molecule has 9 nitrogen and oxygen atoms in total. The summed E-state index contributed by atoms with van der Waals surface area (Å²) >= 11 is 16.7. The SMILES string of the molecule is CCCNC(=O)c1ccc(C=CC(=O)NCC(=O)N(C)c2ccc(Cl)c(COc3cccn4c(Br)c(C)nc34)c2Cl)cc1. The lowest BCUT2D eigenvalue weighted by molar-refractivity contribution is -0.122. The molecule has 0 aliphatic heterocycles. The van der Waals surface area contributed by atoms with Gasteiger partial charge < -0.3 is 20.3 Å². The predicted octanol–water partition coefficient (Wildman–Crippen LogP) is 6.22. The lowest BCUT2D eigenvalue weighted by atomic mass is 10.1. The number of aryl methyl sites for hydroxylation is 1. The largest absolute Gasteiger partial charge is 0.485 e. The maximum Gasteiger partial charge on any atom is 0.251 e. The summed E-state index contributed by atoms with van der Waals surface area (Å²) < 4.78 is 8.74. The van der Waals surface area contributed by atoms with E-state index in [0.29, 0.717) is 39.8 Å². The highest BCUT2D eigenvalue weighted by Gasteiger charge is 2.20. The van der Waals surface area contributed by atoms with Gasteiger partial charge in [-0.3, -0.25) is 18.8 Å². The molecule has 0 aliphatic rings. The summed E-state index contributed by atoms with van der Waals surface area (Å²) in [5.74, 6) is -0.434. The van der Waals surface area contributed by atoms with Gasteiger partial charge in [-0.1, -0.05) is 42.3 Å². The Hall–Kier alpha value is -3.86. The third-order valence-corrected chi connectivity index (χ3v) is 8.27. The summed E-state index contributed by atoms with van der Waals surface area (Å²) in [4.78, 5) is 43.2. The first-order chi connectivity index (χ1) is 20.6. The highest BCUT2D eigenvalue weighted by Crippen LogP contribution is 2.35. The molecule has 0 radical (unpaired) electrons. The molecule has 0 spiro atoms. The van der Waals surface area contributed by atoms with E-state index in [1.807, 2.05) is 30.5 Å². The van der Waals surface area contributed by atoms with Gasteiger partial charge in [-0.05, 0) is 77.3 Å². The first kappa shape index (κ1) is 32.1. The van der Waals surface area contributed by atoms with E-state index in [9.17, 15) is 14.4 Å². The summed E-state index contributed by atoms with van der Waals surface area (Å²) in [6, 6.07) is 13.8. The molecule has 2 aromatic carbocycles. The van der Waals surface area contributed by atoms with Crippen molar-refractivity contribution in [2.24, 2.45) is 0 Å². The lowest BCUT2D eigenvalue weighted by Crippen LogP contribution is -2.37. The van der Waals surface area contributed by atoms with Crippen molar-refractivity contribution < 1.29 is 19.1 Å². The lowest BCUT2D eigenvalue weighted by Gasteiger charge is -2.21. The van der Waals surface area contributed by atoms with Crippen molar-refractivity contribution in [3.63, 3.8) is 0 Å². The van der Waals surface area contributed by atoms with Crippen molar-refractivity contribution >= 4 is 74.3 Å². The number of rotatable bonds is 11. The smallest absolute Gasteiger partial charge is 0.251 e. The zero-order valence-corrected chi connectivity index (χ0v) is 26.9. The second-order valence-corrected chi connectivity index (χ2v) is 11.1. The minimum atomic E-state index is -0.446. The molecule has 2 aromatic heterocycles. The molecule has 3 amide bonds. The quantitative estimate of drug-likeness (QED) is 0.182. The number of imidazole rings is 1. The summed E-state index contributed by atoms with van der Waals surface area (Å²) in [6.07, 6.45) is 5.65. The van der Waals surface area contributed by atoms with Crippen LogP contribution in [0.2, 0.25) is 10.0 Å². The number of nitrogens with one attached hydrogen (secondary N) is 2. The number of carbonyl (C=O) groups excluding carboxylic acids is 3. The molecule has 0 atom stereocenters. The van der Waals surface area contributed by atoms with Gasteiger partial charge in [-0.25, -0.2) is 4.98 Å². The number of benzene rings is 2. The third kappa shape index (κ3) is 7.76. The number of anilines is 1. The van der Waals surface area contributed by atoms with E-state index >= 15 is 0 Å². The molecule has 12 heteroatoms. The molecule has 0 bridgehead atoms. The molecule has 4 rings (SSSR count). The number of likely N-dealkylation sites (N-methyl/N-ethyl adjacent to an activating group) is 1. The van der Waals surface area contributed by atoms with Crippen LogP contribution in [0.4, 0.5) is 5.69 Å². The van der Waals surface area contributed by atoms with Crippen LogP contribution in [0.15, 0.2) is 65.4 Å². The predicted molar refractivity (Wildman–Crippen MR) is 173 cm³/mol. The van der Waals surface area contributed by atoms with E-state index in [-0.39, 0.29) is 30.0 Å². The van der Waals surface area contributed by atoms with Crippen molar-refractivity contribution in [3.8, 4) is 5.75 Å². The normalized spacial score (nSPS) is 11.1. The van der Waals surface area contributed by atoms with E-state index in [1.54, 1.807) is 55.6 Å². The average molecular weight is 687 g/mol.